The van der Waals surface area contributed by atoms with Gasteiger partial charge in [0, 0.05) is 19.6 Å². The SMILES string of the molecule is CCOc1c(Br)cc(CNCCNC(N)=O)cc1Br. The Bertz CT molecular complexity index is 418. The molecule has 1 rings (SSSR count). The van der Waals surface area contributed by atoms with Gasteiger partial charge in [0.15, 0.2) is 0 Å². The van der Waals surface area contributed by atoms with E-state index in [0.717, 1.165) is 20.3 Å². The Morgan fingerprint density at radius 3 is 2.47 bits per heavy atom. The number of urea groups is 1. The summed E-state index contributed by atoms with van der Waals surface area (Å²) >= 11 is 6.97. The molecule has 0 atom stereocenters. The monoisotopic (exact) mass is 393 g/mol. The number of ether oxygens (including phenoxy) is 1. The summed E-state index contributed by atoms with van der Waals surface area (Å²) in [6.45, 7) is 4.43. The second-order valence-corrected chi connectivity index (χ2v) is 5.50. The first-order valence-electron chi connectivity index (χ1n) is 5.89. The maximum atomic E-state index is 10.5. The molecule has 0 spiro atoms. The van der Waals surface area contributed by atoms with Crippen molar-refractivity contribution < 1.29 is 9.53 Å². The minimum Gasteiger partial charge on any atom is -0.492 e. The van der Waals surface area contributed by atoms with Gasteiger partial charge in [0.25, 0.3) is 0 Å². The van der Waals surface area contributed by atoms with Gasteiger partial charge in [-0.3, -0.25) is 0 Å². The van der Waals surface area contributed by atoms with Crippen molar-refractivity contribution in [3.8, 4) is 5.75 Å². The topological polar surface area (TPSA) is 76.4 Å². The summed E-state index contributed by atoms with van der Waals surface area (Å²) in [5.74, 6) is 0.807. The maximum absolute atomic E-state index is 10.5. The number of halogens is 2. The highest BCUT2D eigenvalue weighted by atomic mass is 79.9. The summed E-state index contributed by atoms with van der Waals surface area (Å²) in [5.41, 5.74) is 6.08. The molecule has 0 heterocycles. The highest BCUT2D eigenvalue weighted by Gasteiger charge is 2.08. The van der Waals surface area contributed by atoms with Gasteiger partial charge >= 0.3 is 6.03 Å². The lowest BCUT2D eigenvalue weighted by molar-refractivity contribution is 0.249. The summed E-state index contributed by atoms with van der Waals surface area (Å²) < 4.78 is 7.34. The molecular weight excluding hydrogens is 378 g/mol. The van der Waals surface area contributed by atoms with E-state index in [-0.39, 0.29) is 0 Å². The van der Waals surface area contributed by atoms with Crippen LogP contribution in [-0.2, 0) is 6.54 Å². The predicted octanol–water partition coefficient (Wildman–Crippen LogP) is 2.37. The number of nitrogens with one attached hydrogen (secondary N) is 2. The lowest BCUT2D eigenvalue weighted by Gasteiger charge is -2.11. The number of carbonyl (C=O) groups excluding carboxylic acids is 1. The van der Waals surface area contributed by atoms with E-state index in [4.69, 9.17) is 10.5 Å². The number of hydrogen-bond donors (Lipinski definition) is 3. The van der Waals surface area contributed by atoms with E-state index in [2.05, 4.69) is 42.5 Å². The Labute approximate surface area is 129 Å². The largest absolute Gasteiger partial charge is 0.492 e. The Balaban J connectivity index is 2.49. The second kappa shape index (κ2) is 8.39. The fourth-order valence-electron chi connectivity index (χ4n) is 1.50. The summed E-state index contributed by atoms with van der Waals surface area (Å²) in [6, 6.07) is 3.50. The third kappa shape index (κ3) is 5.80. The molecule has 0 aliphatic heterocycles. The Hall–Kier alpha value is -0.790. The van der Waals surface area contributed by atoms with Gasteiger partial charge in [0.05, 0.1) is 15.6 Å². The zero-order valence-electron chi connectivity index (χ0n) is 10.6. The minimum atomic E-state index is -0.506. The Morgan fingerprint density at radius 2 is 1.95 bits per heavy atom. The number of carbonyl (C=O) groups is 1. The quantitative estimate of drug-likeness (QED) is 0.621. The molecule has 0 saturated heterocycles. The second-order valence-electron chi connectivity index (χ2n) is 3.79. The van der Waals surface area contributed by atoms with Crippen molar-refractivity contribution in [2.24, 2.45) is 5.73 Å². The zero-order valence-corrected chi connectivity index (χ0v) is 13.8. The molecule has 0 aliphatic carbocycles. The number of rotatable bonds is 7. The van der Waals surface area contributed by atoms with E-state index in [1.54, 1.807) is 0 Å². The normalized spacial score (nSPS) is 10.3. The highest BCUT2D eigenvalue weighted by Crippen LogP contribution is 2.34. The molecule has 19 heavy (non-hydrogen) atoms. The van der Waals surface area contributed by atoms with Crippen LogP contribution in [0.3, 0.4) is 0 Å². The van der Waals surface area contributed by atoms with E-state index in [9.17, 15) is 4.79 Å². The van der Waals surface area contributed by atoms with Crippen LogP contribution in [0.15, 0.2) is 21.1 Å². The lowest BCUT2D eigenvalue weighted by atomic mass is 10.2. The molecule has 4 N–H and O–H groups in total. The fourth-order valence-corrected chi connectivity index (χ4v) is 3.01. The molecule has 0 fully saturated rings. The number of nitrogens with two attached hydrogens (primary N) is 1. The van der Waals surface area contributed by atoms with Crippen molar-refractivity contribution in [3.63, 3.8) is 0 Å². The third-order valence-corrected chi connectivity index (χ3v) is 3.45. The van der Waals surface area contributed by atoms with Crippen LogP contribution >= 0.6 is 31.9 Å². The average molecular weight is 395 g/mol. The molecule has 0 aromatic heterocycles. The van der Waals surface area contributed by atoms with Crippen LogP contribution in [0.4, 0.5) is 4.79 Å². The van der Waals surface area contributed by atoms with E-state index in [1.165, 1.54) is 0 Å². The van der Waals surface area contributed by atoms with Gasteiger partial charge in [-0.15, -0.1) is 0 Å². The standard InChI is InChI=1S/C12H17Br2N3O2/c1-2-19-11-9(13)5-8(6-10(11)14)7-16-3-4-17-12(15)18/h5-6,16H,2-4,7H2,1H3,(H3,15,17,18). The van der Waals surface area contributed by atoms with E-state index >= 15 is 0 Å². The molecular formula is C12H17Br2N3O2. The molecule has 0 bridgehead atoms. The molecule has 0 unspecified atom stereocenters. The maximum Gasteiger partial charge on any atom is 0.312 e. The van der Waals surface area contributed by atoms with Crippen LogP contribution in [0, 0.1) is 0 Å². The van der Waals surface area contributed by atoms with Crippen molar-refractivity contribution in [2.75, 3.05) is 19.7 Å². The summed E-state index contributed by atoms with van der Waals surface area (Å²) in [4.78, 5) is 10.5. The number of amides is 2. The van der Waals surface area contributed by atoms with Crippen LogP contribution in [0.5, 0.6) is 5.75 Å². The first kappa shape index (κ1) is 16.3. The van der Waals surface area contributed by atoms with Crippen LogP contribution in [0.1, 0.15) is 12.5 Å². The fraction of sp³-hybridized carbons (Fsp3) is 0.417. The van der Waals surface area contributed by atoms with Gasteiger partial charge < -0.3 is 21.1 Å². The molecule has 0 aliphatic rings. The summed E-state index contributed by atoms with van der Waals surface area (Å²) in [7, 11) is 0. The Kier molecular flexibility index (Phi) is 7.19. The third-order valence-electron chi connectivity index (χ3n) is 2.28. The first-order chi connectivity index (χ1) is 9.04. The predicted molar refractivity (Wildman–Crippen MR) is 82.3 cm³/mol. The number of hydrogen-bond acceptors (Lipinski definition) is 3. The highest BCUT2D eigenvalue weighted by molar-refractivity contribution is 9.11. The molecule has 7 heteroatoms. The molecule has 0 saturated carbocycles. The first-order valence-corrected chi connectivity index (χ1v) is 7.48. The molecule has 2 amide bonds. The van der Waals surface area contributed by atoms with Gasteiger partial charge in [-0.25, -0.2) is 4.79 Å². The number of benzene rings is 1. The molecule has 5 nitrogen and oxygen atoms in total. The van der Waals surface area contributed by atoms with Crippen molar-refractivity contribution in [1.82, 2.24) is 10.6 Å². The van der Waals surface area contributed by atoms with E-state index in [1.807, 2.05) is 19.1 Å². The Morgan fingerprint density at radius 1 is 1.32 bits per heavy atom. The van der Waals surface area contributed by atoms with Crippen molar-refractivity contribution in [3.05, 3.63) is 26.6 Å². The van der Waals surface area contributed by atoms with Crippen molar-refractivity contribution in [2.45, 2.75) is 13.5 Å². The van der Waals surface area contributed by atoms with Crippen LogP contribution < -0.4 is 21.1 Å². The van der Waals surface area contributed by atoms with Crippen molar-refractivity contribution >= 4 is 37.9 Å². The van der Waals surface area contributed by atoms with Crippen LogP contribution in [0.2, 0.25) is 0 Å². The van der Waals surface area contributed by atoms with Crippen molar-refractivity contribution in [1.29, 1.82) is 0 Å². The van der Waals surface area contributed by atoms with E-state index in [0.29, 0.717) is 26.2 Å². The van der Waals surface area contributed by atoms with Gasteiger partial charge in [-0.2, -0.15) is 0 Å². The summed E-state index contributed by atoms with van der Waals surface area (Å²) in [5, 5.41) is 5.73. The van der Waals surface area contributed by atoms with Gasteiger partial charge in [0.1, 0.15) is 5.75 Å². The van der Waals surface area contributed by atoms with Gasteiger partial charge in [0.2, 0.25) is 0 Å². The molecule has 106 valence electrons. The van der Waals surface area contributed by atoms with Gasteiger partial charge in [-0.05, 0) is 56.5 Å². The van der Waals surface area contributed by atoms with Crippen LogP contribution in [0.25, 0.3) is 0 Å². The molecule has 0 radical (unpaired) electrons. The van der Waals surface area contributed by atoms with Gasteiger partial charge in [-0.1, -0.05) is 0 Å². The minimum absolute atomic E-state index is 0.506. The van der Waals surface area contributed by atoms with E-state index < -0.39 is 6.03 Å². The zero-order chi connectivity index (χ0) is 14.3. The molecule has 1 aromatic rings. The summed E-state index contributed by atoms with van der Waals surface area (Å²) in [6.07, 6.45) is 0. The number of primary amides is 1. The average Bonchev–Trinajstić information content (AvgIpc) is 2.33. The lowest BCUT2D eigenvalue weighted by Crippen LogP contribution is -2.35. The molecule has 1 aromatic carbocycles. The smallest absolute Gasteiger partial charge is 0.312 e. The van der Waals surface area contributed by atoms with Crippen LogP contribution in [-0.4, -0.2) is 25.7 Å².